The van der Waals surface area contributed by atoms with Gasteiger partial charge in [-0.05, 0) is 37.6 Å². The van der Waals surface area contributed by atoms with Crippen LogP contribution in [0.4, 0.5) is 10.6 Å². The van der Waals surface area contributed by atoms with Crippen LogP contribution in [0.2, 0.25) is 0 Å². The van der Waals surface area contributed by atoms with E-state index < -0.39 is 11.5 Å². The smallest absolute Gasteiger partial charge is 0.320 e. The Kier molecular flexibility index (Phi) is 9.56. The fourth-order valence-electron chi connectivity index (χ4n) is 5.72. The van der Waals surface area contributed by atoms with Gasteiger partial charge in [0, 0.05) is 63.6 Å². The third-order valence-electron chi connectivity index (χ3n) is 7.94. The Hall–Kier alpha value is -4.74. The Morgan fingerprint density at radius 3 is 2.43 bits per heavy atom. The number of rotatable bonds is 10. The van der Waals surface area contributed by atoms with Crippen molar-refractivity contribution in [1.82, 2.24) is 29.9 Å². The van der Waals surface area contributed by atoms with Gasteiger partial charge in [-0.1, -0.05) is 48.5 Å². The van der Waals surface area contributed by atoms with E-state index in [1.165, 1.54) is 10.1 Å². The average Bonchev–Trinajstić information content (AvgIpc) is 3.58. The summed E-state index contributed by atoms with van der Waals surface area (Å²) in [4.78, 5) is 41.4. The van der Waals surface area contributed by atoms with Gasteiger partial charge in [0.25, 0.3) is 11.5 Å². The van der Waals surface area contributed by atoms with Crippen LogP contribution in [0.25, 0.3) is 16.9 Å². The molecule has 11 heteroatoms. The number of aryl methyl sites for hydroxylation is 1. The van der Waals surface area contributed by atoms with Crippen LogP contribution in [-0.2, 0) is 11.8 Å². The van der Waals surface area contributed by atoms with Crippen LogP contribution >= 0.6 is 0 Å². The van der Waals surface area contributed by atoms with Crippen molar-refractivity contribution in [2.24, 2.45) is 7.05 Å². The summed E-state index contributed by atoms with van der Waals surface area (Å²) in [5, 5.41) is 13.9. The highest BCUT2D eigenvalue weighted by molar-refractivity contribution is 5.95. The molecule has 2 aromatic heterocycles. The highest BCUT2D eigenvalue weighted by Crippen LogP contribution is 2.31. The van der Waals surface area contributed by atoms with Gasteiger partial charge in [0.1, 0.15) is 11.4 Å². The molecular formula is C33H39N7O4. The minimum atomic E-state index is -0.447. The summed E-state index contributed by atoms with van der Waals surface area (Å²) < 4.78 is 8.35. The topological polar surface area (TPSA) is 123 Å². The Morgan fingerprint density at radius 2 is 1.75 bits per heavy atom. The van der Waals surface area contributed by atoms with Gasteiger partial charge in [-0.25, -0.2) is 9.48 Å². The molecule has 0 saturated carbocycles. The fourth-order valence-corrected chi connectivity index (χ4v) is 5.72. The van der Waals surface area contributed by atoms with Crippen molar-refractivity contribution in [3.8, 4) is 16.9 Å². The average molecular weight is 598 g/mol. The van der Waals surface area contributed by atoms with E-state index in [-0.39, 0.29) is 23.6 Å². The molecule has 1 aliphatic rings. The number of methoxy groups -OCH3 is 1. The van der Waals surface area contributed by atoms with Gasteiger partial charge >= 0.3 is 6.03 Å². The summed E-state index contributed by atoms with van der Waals surface area (Å²) in [6.07, 6.45) is 1.65. The summed E-state index contributed by atoms with van der Waals surface area (Å²) in [5.41, 5.74) is 3.36. The second-order valence-corrected chi connectivity index (χ2v) is 11.0. The summed E-state index contributed by atoms with van der Waals surface area (Å²) in [5.74, 6) is 0.160. The van der Waals surface area contributed by atoms with E-state index in [0.29, 0.717) is 42.3 Å². The first kappa shape index (κ1) is 30.7. The number of nitrogens with zero attached hydrogens (tertiary/aromatic N) is 4. The Balaban J connectivity index is 1.48. The van der Waals surface area contributed by atoms with Gasteiger partial charge in [0.15, 0.2) is 0 Å². The molecule has 1 fully saturated rings. The summed E-state index contributed by atoms with van der Waals surface area (Å²) in [7, 11) is 3.29. The first-order valence-corrected chi connectivity index (χ1v) is 14.8. The molecule has 0 spiro atoms. The number of anilines is 1. The number of amides is 3. The molecule has 0 aliphatic carbocycles. The number of carbonyl (C=O) groups excluding carboxylic acids is 2. The minimum Gasteiger partial charge on any atom is -0.383 e. The number of aromatic nitrogens is 3. The number of likely N-dealkylation sites (tertiary alicyclic amines) is 1. The highest BCUT2D eigenvalue weighted by Gasteiger charge is 2.35. The summed E-state index contributed by atoms with van der Waals surface area (Å²) in [6.45, 7) is 6.96. The SMILES string of the molecule is CCNC(=O)c1cc(-c2nn(-c3ccccc3)c(NC(=O)N[C@@H]3CN(CCOC)C[C@H]3c3ccccc3)c2C)cn(C)c1=O. The molecule has 3 heterocycles. The third-order valence-corrected chi connectivity index (χ3v) is 7.94. The van der Waals surface area contributed by atoms with Crippen molar-refractivity contribution in [1.29, 1.82) is 0 Å². The molecule has 0 bridgehead atoms. The number of nitrogens with one attached hydrogen (secondary N) is 3. The number of para-hydroxylation sites is 1. The molecule has 3 N–H and O–H groups in total. The maximum atomic E-state index is 13.7. The van der Waals surface area contributed by atoms with Gasteiger partial charge in [-0.2, -0.15) is 5.10 Å². The first-order chi connectivity index (χ1) is 21.3. The Morgan fingerprint density at radius 1 is 1.05 bits per heavy atom. The van der Waals surface area contributed by atoms with Crippen LogP contribution in [0.1, 0.15) is 34.3 Å². The molecule has 3 amide bonds. The molecular weight excluding hydrogens is 558 g/mol. The lowest BCUT2D eigenvalue weighted by Gasteiger charge is -2.21. The van der Waals surface area contributed by atoms with Crippen LogP contribution in [0, 0.1) is 6.92 Å². The second kappa shape index (κ2) is 13.7. The van der Waals surface area contributed by atoms with Gasteiger partial charge < -0.3 is 19.9 Å². The Labute approximate surface area is 256 Å². The van der Waals surface area contributed by atoms with Crippen molar-refractivity contribution in [3.05, 3.63) is 100.0 Å². The lowest BCUT2D eigenvalue weighted by atomic mass is 9.94. The zero-order valence-electron chi connectivity index (χ0n) is 25.5. The van der Waals surface area contributed by atoms with Crippen LogP contribution in [0.15, 0.2) is 77.7 Å². The maximum Gasteiger partial charge on any atom is 0.320 e. The summed E-state index contributed by atoms with van der Waals surface area (Å²) >= 11 is 0. The van der Waals surface area contributed by atoms with Crippen molar-refractivity contribution >= 4 is 17.8 Å². The fraction of sp³-hybridized carbons (Fsp3) is 0.333. The van der Waals surface area contributed by atoms with Gasteiger partial charge in [0.05, 0.1) is 24.0 Å². The van der Waals surface area contributed by atoms with E-state index in [0.717, 1.165) is 18.8 Å². The largest absolute Gasteiger partial charge is 0.383 e. The number of ether oxygens (including phenoxy) is 1. The van der Waals surface area contributed by atoms with Crippen molar-refractivity contribution in [2.75, 3.05) is 45.2 Å². The van der Waals surface area contributed by atoms with E-state index >= 15 is 0 Å². The molecule has 1 aliphatic heterocycles. The zero-order chi connectivity index (χ0) is 31.2. The van der Waals surface area contributed by atoms with Crippen LogP contribution < -0.4 is 21.5 Å². The predicted molar refractivity (Wildman–Crippen MR) is 170 cm³/mol. The number of hydrogen-bond acceptors (Lipinski definition) is 6. The van der Waals surface area contributed by atoms with Crippen LogP contribution in [-0.4, -0.2) is 77.1 Å². The number of benzene rings is 2. The standard InChI is InChI=1S/C33H39N7O4/c1-5-34-31(41)26-18-24(19-38(3)32(26)42)29-22(2)30(40(37-29)25-14-10-7-11-15-25)36-33(43)35-28-21-39(16-17-44-4)20-27(28)23-12-8-6-9-13-23/h6-15,18-19,27-28H,5,16-17,20-21H2,1-4H3,(H,34,41)(H2,35,36,43)/t27-,28+/m0/s1. The first-order valence-electron chi connectivity index (χ1n) is 14.8. The number of pyridine rings is 1. The second-order valence-electron chi connectivity index (χ2n) is 11.0. The van der Waals surface area contributed by atoms with E-state index in [9.17, 15) is 14.4 Å². The van der Waals surface area contributed by atoms with Gasteiger partial charge in [-0.3, -0.25) is 19.8 Å². The van der Waals surface area contributed by atoms with Gasteiger partial charge in [-0.15, -0.1) is 0 Å². The zero-order valence-corrected chi connectivity index (χ0v) is 25.5. The van der Waals surface area contributed by atoms with E-state index in [1.807, 2.05) is 55.5 Å². The third kappa shape index (κ3) is 6.58. The highest BCUT2D eigenvalue weighted by atomic mass is 16.5. The molecule has 1 saturated heterocycles. The number of urea groups is 1. The van der Waals surface area contributed by atoms with E-state index in [2.05, 4.69) is 33.0 Å². The minimum absolute atomic E-state index is 0.0268. The summed E-state index contributed by atoms with van der Waals surface area (Å²) in [6, 6.07) is 20.8. The molecule has 5 rings (SSSR count). The van der Waals surface area contributed by atoms with E-state index in [4.69, 9.17) is 9.84 Å². The molecule has 0 radical (unpaired) electrons. The molecule has 230 valence electrons. The predicted octanol–water partition coefficient (Wildman–Crippen LogP) is 3.53. The van der Waals surface area contributed by atoms with E-state index in [1.54, 1.807) is 38.0 Å². The van der Waals surface area contributed by atoms with Gasteiger partial charge in [0.2, 0.25) is 0 Å². The maximum absolute atomic E-state index is 13.7. The molecule has 2 atom stereocenters. The van der Waals surface area contributed by atoms with Crippen LogP contribution in [0.3, 0.4) is 0 Å². The van der Waals surface area contributed by atoms with Crippen molar-refractivity contribution < 1.29 is 14.3 Å². The van der Waals surface area contributed by atoms with Crippen molar-refractivity contribution in [3.63, 3.8) is 0 Å². The number of hydrogen-bond donors (Lipinski definition) is 3. The lowest BCUT2D eigenvalue weighted by molar-refractivity contribution is 0.0953. The Bertz CT molecular complexity index is 1670. The quantitative estimate of drug-likeness (QED) is 0.257. The number of carbonyl (C=O) groups is 2. The lowest BCUT2D eigenvalue weighted by Crippen LogP contribution is -2.42. The normalized spacial score (nSPS) is 16.5. The van der Waals surface area contributed by atoms with Crippen molar-refractivity contribution in [2.45, 2.75) is 25.8 Å². The monoisotopic (exact) mass is 597 g/mol. The molecule has 4 aromatic rings. The van der Waals surface area contributed by atoms with Crippen LogP contribution in [0.5, 0.6) is 0 Å². The molecule has 11 nitrogen and oxygen atoms in total. The molecule has 44 heavy (non-hydrogen) atoms. The molecule has 2 aromatic carbocycles. The molecule has 0 unspecified atom stereocenters.